The summed E-state index contributed by atoms with van der Waals surface area (Å²) in [6.45, 7) is 3.79. The number of rotatable bonds is 1. The normalized spacial score (nSPS) is 10.3. The fourth-order valence-corrected chi connectivity index (χ4v) is 1.18. The molecule has 0 aliphatic rings. The summed E-state index contributed by atoms with van der Waals surface area (Å²) >= 11 is 0. The predicted octanol–water partition coefficient (Wildman–Crippen LogP) is 1.13. The molecule has 0 fully saturated rings. The minimum Gasteiger partial charge on any atom is -0.383 e. The summed E-state index contributed by atoms with van der Waals surface area (Å²) in [4.78, 5) is 16.6. The number of anilines is 1. The predicted molar refractivity (Wildman–Crippen MR) is 56.9 cm³/mol. The molecule has 2 aromatic rings. The van der Waals surface area contributed by atoms with Crippen LogP contribution in [0.15, 0.2) is 18.6 Å². The topological polar surface area (TPSA) is 77.6 Å². The van der Waals surface area contributed by atoms with Gasteiger partial charge in [0.15, 0.2) is 5.82 Å². The molecule has 0 spiro atoms. The molecule has 2 aromatic heterocycles. The van der Waals surface area contributed by atoms with E-state index in [1.165, 1.54) is 0 Å². The second-order valence-corrected chi connectivity index (χ2v) is 3.23. The van der Waals surface area contributed by atoms with Gasteiger partial charge in [-0.1, -0.05) is 0 Å². The summed E-state index contributed by atoms with van der Waals surface area (Å²) in [6.07, 6.45) is 4.82. The Morgan fingerprint density at radius 2 is 1.93 bits per heavy atom. The number of hydrogen-bond acceptors (Lipinski definition) is 5. The minimum absolute atomic E-state index is 0.489. The van der Waals surface area contributed by atoms with Crippen LogP contribution < -0.4 is 5.73 Å². The molecule has 0 aromatic carbocycles. The van der Waals surface area contributed by atoms with Crippen molar-refractivity contribution >= 4 is 5.82 Å². The maximum Gasteiger partial charge on any atom is 0.182 e. The van der Waals surface area contributed by atoms with Crippen molar-refractivity contribution < 1.29 is 0 Å². The Kier molecular flexibility index (Phi) is 2.29. The van der Waals surface area contributed by atoms with E-state index < -0.39 is 0 Å². The van der Waals surface area contributed by atoms with E-state index in [0.29, 0.717) is 17.3 Å². The standard InChI is InChI=1S/C10H11N5/c1-6-7(2)14-10(15-9(6)11)8-5-12-3-4-13-8/h3-5H,1-2H3,(H2,11,14,15). The van der Waals surface area contributed by atoms with Crippen LogP contribution in [0.3, 0.4) is 0 Å². The van der Waals surface area contributed by atoms with Crippen LogP contribution >= 0.6 is 0 Å². The van der Waals surface area contributed by atoms with Crippen LogP contribution in [0.25, 0.3) is 11.5 Å². The Labute approximate surface area is 87.4 Å². The Morgan fingerprint density at radius 1 is 1.13 bits per heavy atom. The molecule has 0 aliphatic heterocycles. The fourth-order valence-electron chi connectivity index (χ4n) is 1.18. The largest absolute Gasteiger partial charge is 0.383 e. The van der Waals surface area contributed by atoms with Crippen molar-refractivity contribution in [1.82, 2.24) is 19.9 Å². The zero-order valence-corrected chi connectivity index (χ0v) is 8.60. The SMILES string of the molecule is Cc1nc(-c2cnccn2)nc(N)c1C. The van der Waals surface area contributed by atoms with Crippen LogP contribution in [0.4, 0.5) is 5.82 Å². The van der Waals surface area contributed by atoms with Gasteiger partial charge in [-0.2, -0.15) is 0 Å². The van der Waals surface area contributed by atoms with E-state index in [0.717, 1.165) is 11.3 Å². The molecule has 0 radical (unpaired) electrons. The van der Waals surface area contributed by atoms with Crippen molar-refractivity contribution in [3.05, 3.63) is 29.8 Å². The van der Waals surface area contributed by atoms with Gasteiger partial charge in [0.1, 0.15) is 11.5 Å². The molecule has 2 rings (SSSR count). The van der Waals surface area contributed by atoms with Crippen LogP contribution in [0.1, 0.15) is 11.3 Å². The second-order valence-electron chi connectivity index (χ2n) is 3.23. The summed E-state index contributed by atoms with van der Waals surface area (Å²) in [6, 6.07) is 0. The summed E-state index contributed by atoms with van der Waals surface area (Å²) in [5.74, 6) is 1.01. The van der Waals surface area contributed by atoms with Crippen molar-refractivity contribution in [2.45, 2.75) is 13.8 Å². The van der Waals surface area contributed by atoms with E-state index in [1.54, 1.807) is 18.6 Å². The van der Waals surface area contributed by atoms with Gasteiger partial charge in [0.25, 0.3) is 0 Å². The van der Waals surface area contributed by atoms with E-state index in [-0.39, 0.29) is 0 Å². The third-order valence-corrected chi connectivity index (χ3v) is 2.22. The minimum atomic E-state index is 0.489. The molecule has 5 heteroatoms. The highest BCUT2D eigenvalue weighted by molar-refractivity contribution is 5.53. The molecular weight excluding hydrogens is 190 g/mol. The summed E-state index contributed by atoms with van der Waals surface area (Å²) in [7, 11) is 0. The number of nitrogens with two attached hydrogens (primary N) is 1. The van der Waals surface area contributed by atoms with E-state index in [1.807, 2.05) is 13.8 Å². The van der Waals surface area contributed by atoms with Gasteiger partial charge in [-0.25, -0.2) is 15.0 Å². The zero-order valence-electron chi connectivity index (χ0n) is 8.60. The van der Waals surface area contributed by atoms with E-state index in [2.05, 4.69) is 19.9 Å². The van der Waals surface area contributed by atoms with E-state index in [4.69, 9.17) is 5.73 Å². The first-order chi connectivity index (χ1) is 7.18. The number of nitrogens with zero attached hydrogens (tertiary/aromatic N) is 4. The summed E-state index contributed by atoms with van der Waals surface area (Å²) in [5, 5.41) is 0. The molecule has 2 heterocycles. The first-order valence-corrected chi connectivity index (χ1v) is 4.55. The highest BCUT2D eigenvalue weighted by Crippen LogP contribution is 2.16. The van der Waals surface area contributed by atoms with Gasteiger partial charge in [0.2, 0.25) is 0 Å². The van der Waals surface area contributed by atoms with Gasteiger partial charge in [-0.15, -0.1) is 0 Å². The van der Waals surface area contributed by atoms with Crippen molar-refractivity contribution in [3.63, 3.8) is 0 Å². The first-order valence-electron chi connectivity index (χ1n) is 4.55. The van der Waals surface area contributed by atoms with Crippen molar-refractivity contribution in [2.75, 3.05) is 5.73 Å². The zero-order chi connectivity index (χ0) is 10.8. The summed E-state index contributed by atoms with van der Waals surface area (Å²) in [5.41, 5.74) is 8.16. The van der Waals surface area contributed by atoms with Gasteiger partial charge in [0.05, 0.1) is 6.20 Å². The van der Waals surface area contributed by atoms with Crippen LogP contribution in [0.5, 0.6) is 0 Å². The maximum absolute atomic E-state index is 5.76. The molecule has 2 N–H and O–H groups in total. The Bertz CT molecular complexity index is 457. The first kappa shape index (κ1) is 9.51. The quantitative estimate of drug-likeness (QED) is 0.748. The van der Waals surface area contributed by atoms with E-state index >= 15 is 0 Å². The number of aromatic nitrogens is 4. The van der Waals surface area contributed by atoms with Crippen LogP contribution in [-0.2, 0) is 0 Å². The smallest absolute Gasteiger partial charge is 0.182 e. The van der Waals surface area contributed by atoms with Gasteiger partial charge >= 0.3 is 0 Å². The lowest BCUT2D eigenvalue weighted by molar-refractivity contribution is 1.05. The molecule has 0 saturated carbocycles. The highest BCUT2D eigenvalue weighted by atomic mass is 15.0. The molecule has 0 unspecified atom stereocenters. The van der Waals surface area contributed by atoms with Crippen LogP contribution in [0.2, 0.25) is 0 Å². The Balaban J connectivity index is 2.56. The molecule has 0 bridgehead atoms. The lowest BCUT2D eigenvalue weighted by Crippen LogP contribution is -2.02. The number of hydrogen-bond donors (Lipinski definition) is 1. The molecule has 0 amide bonds. The summed E-state index contributed by atoms with van der Waals surface area (Å²) < 4.78 is 0. The van der Waals surface area contributed by atoms with Gasteiger partial charge in [0, 0.05) is 23.7 Å². The molecule has 0 saturated heterocycles. The fraction of sp³-hybridized carbons (Fsp3) is 0.200. The van der Waals surface area contributed by atoms with E-state index in [9.17, 15) is 0 Å². The maximum atomic E-state index is 5.76. The van der Waals surface area contributed by atoms with Gasteiger partial charge in [-0.05, 0) is 13.8 Å². The van der Waals surface area contributed by atoms with Crippen LogP contribution in [0, 0.1) is 13.8 Å². The number of nitrogen functional groups attached to an aromatic ring is 1. The van der Waals surface area contributed by atoms with Crippen LogP contribution in [-0.4, -0.2) is 19.9 Å². The molecular formula is C10H11N5. The molecule has 0 atom stereocenters. The van der Waals surface area contributed by atoms with Crippen molar-refractivity contribution in [3.8, 4) is 11.5 Å². The lowest BCUT2D eigenvalue weighted by Gasteiger charge is -2.05. The number of aryl methyl sites for hydroxylation is 1. The Hall–Kier alpha value is -2.04. The van der Waals surface area contributed by atoms with Crippen molar-refractivity contribution in [1.29, 1.82) is 0 Å². The molecule has 5 nitrogen and oxygen atoms in total. The monoisotopic (exact) mass is 201 g/mol. The molecule has 0 aliphatic carbocycles. The van der Waals surface area contributed by atoms with Gasteiger partial charge in [-0.3, -0.25) is 4.98 Å². The second kappa shape index (κ2) is 3.61. The lowest BCUT2D eigenvalue weighted by atomic mass is 10.2. The van der Waals surface area contributed by atoms with Gasteiger partial charge < -0.3 is 5.73 Å². The Morgan fingerprint density at radius 3 is 2.53 bits per heavy atom. The third-order valence-electron chi connectivity index (χ3n) is 2.22. The third kappa shape index (κ3) is 1.76. The average molecular weight is 201 g/mol. The highest BCUT2D eigenvalue weighted by Gasteiger charge is 2.07. The molecule has 76 valence electrons. The van der Waals surface area contributed by atoms with Crippen molar-refractivity contribution in [2.24, 2.45) is 0 Å². The average Bonchev–Trinajstić information content (AvgIpc) is 2.26. The molecule has 15 heavy (non-hydrogen) atoms.